The molecule has 0 saturated carbocycles. The highest BCUT2D eigenvalue weighted by molar-refractivity contribution is 9.10. The van der Waals surface area contributed by atoms with Crippen LogP contribution in [0.25, 0.3) is 0 Å². The molecule has 0 radical (unpaired) electrons. The maximum atomic E-state index is 5.48. The highest BCUT2D eigenvalue weighted by atomic mass is 79.9. The monoisotopic (exact) mass is 267 g/mol. The molecular formula is C11H10BrNO2. The zero-order valence-corrected chi connectivity index (χ0v) is 9.58. The molecule has 1 aliphatic rings. The van der Waals surface area contributed by atoms with Crippen LogP contribution in [0.3, 0.4) is 0 Å². The molecule has 3 rings (SSSR count). The van der Waals surface area contributed by atoms with Crippen molar-refractivity contribution in [2.24, 2.45) is 0 Å². The fourth-order valence-corrected chi connectivity index (χ4v) is 2.43. The van der Waals surface area contributed by atoms with Crippen molar-refractivity contribution < 1.29 is 8.83 Å². The molecule has 3 nitrogen and oxygen atoms in total. The minimum Gasteiger partial charge on any atom is -0.469 e. The number of furan rings is 2. The van der Waals surface area contributed by atoms with Crippen molar-refractivity contribution in [1.82, 2.24) is 5.32 Å². The number of hydrogen-bond donors (Lipinski definition) is 1. The van der Waals surface area contributed by atoms with Crippen LogP contribution in [-0.2, 0) is 6.42 Å². The standard InChI is InChI=1S/C11H10BrNO2/c12-8-3-6-15-11(8)10-7-2-5-14-9(7)1-4-13-10/h2-3,5-6,10,13H,1,4H2. The molecule has 0 saturated heterocycles. The summed E-state index contributed by atoms with van der Waals surface area (Å²) in [6.07, 6.45) is 4.37. The molecule has 1 N–H and O–H groups in total. The zero-order valence-electron chi connectivity index (χ0n) is 8.00. The Morgan fingerprint density at radius 2 is 2.13 bits per heavy atom. The molecule has 2 aromatic heterocycles. The van der Waals surface area contributed by atoms with Crippen LogP contribution in [0.5, 0.6) is 0 Å². The molecule has 1 unspecified atom stereocenters. The molecule has 0 amide bonds. The topological polar surface area (TPSA) is 38.3 Å². The number of hydrogen-bond acceptors (Lipinski definition) is 3. The molecule has 0 aliphatic carbocycles. The van der Waals surface area contributed by atoms with E-state index in [1.54, 1.807) is 12.5 Å². The van der Waals surface area contributed by atoms with Gasteiger partial charge in [0.15, 0.2) is 0 Å². The molecule has 0 aromatic carbocycles. The summed E-state index contributed by atoms with van der Waals surface area (Å²) in [4.78, 5) is 0. The third kappa shape index (κ3) is 1.44. The predicted octanol–water partition coefficient (Wildman–Crippen LogP) is 2.87. The van der Waals surface area contributed by atoms with Crippen molar-refractivity contribution in [2.75, 3.05) is 6.54 Å². The highest BCUT2D eigenvalue weighted by Gasteiger charge is 2.27. The van der Waals surface area contributed by atoms with Gasteiger partial charge in [-0.1, -0.05) is 0 Å². The van der Waals surface area contributed by atoms with Crippen LogP contribution in [0.2, 0.25) is 0 Å². The number of fused-ring (bicyclic) bond motifs is 1. The Labute approximate surface area is 95.6 Å². The van der Waals surface area contributed by atoms with E-state index in [2.05, 4.69) is 21.2 Å². The highest BCUT2D eigenvalue weighted by Crippen LogP contribution is 2.33. The van der Waals surface area contributed by atoms with Gasteiger partial charge < -0.3 is 14.2 Å². The minimum absolute atomic E-state index is 0.108. The maximum absolute atomic E-state index is 5.48. The second kappa shape index (κ2) is 3.54. The second-order valence-electron chi connectivity index (χ2n) is 3.57. The number of rotatable bonds is 1. The number of nitrogens with one attached hydrogen (secondary N) is 1. The normalized spacial score (nSPS) is 20.2. The van der Waals surface area contributed by atoms with E-state index < -0.39 is 0 Å². The largest absolute Gasteiger partial charge is 0.469 e. The zero-order chi connectivity index (χ0) is 10.3. The average Bonchev–Trinajstić information content (AvgIpc) is 2.85. The Morgan fingerprint density at radius 1 is 1.27 bits per heavy atom. The third-order valence-electron chi connectivity index (χ3n) is 2.70. The van der Waals surface area contributed by atoms with Gasteiger partial charge in [-0.05, 0) is 28.1 Å². The fourth-order valence-electron chi connectivity index (χ4n) is 2.00. The summed E-state index contributed by atoms with van der Waals surface area (Å²) in [5.74, 6) is 1.97. The Kier molecular flexibility index (Phi) is 2.18. The number of halogens is 1. The van der Waals surface area contributed by atoms with E-state index in [4.69, 9.17) is 8.83 Å². The molecule has 2 aromatic rings. The quantitative estimate of drug-likeness (QED) is 0.864. The van der Waals surface area contributed by atoms with Gasteiger partial charge in [0.25, 0.3) is 0 Å². The van der Waals surface area contributed by atoms with Crippen molar-refractivity contribution >= 4 is 15.9 Å². The van der Waals surface area contributed by atoms with Gasteiger partial charge in [-0.15, -0.1) is 0 Å². The van der Waals surface area contributed by atoms with Crippen LogP contribution in [0.4, 0.5) is 0 Å². The fraction of sp³-hybridized carbons (Fsp3) is 0.273. The van der Waals surface area contributed by atoms with E-state index in [1.165, 1.54) is 5.56 Å². The van der Waals surface area contributed by atoms with Crippen molar-refractivity contribution in [2.45, 2.75) is 12.5 Å². The predicted molar refractivity (Wildman–Crippen MR) is 58.7 cm³/mol. The Bertz CT molecular complexity index is 474. The van der Waals surface area contributed by atoms with E-state index in [0.29, 0.717) is 0 Å². The lowest BCUT2D eigenvalue weighted by Gasteiger charge is -2.21. The first kappa shape index (κ1) is 9.24. The first-order valence-corrected chi connectivity index (χ1v) is 5.68. The molecule has 0 fully saturated rings. The van der Waals surface area contributed by atoms with Gasteiger partial charge in [-0.25, -0.2) is 0 Å². The van der Waals surface area contributed by atoms with E-state index in [9.17, 15) is 0 Å². The lowest BCUT2D eigenvalue weighted by Crippen LogP contribution is -2.29. The summed E-state index contributed by atoms with van der Waals surface area (Å²) in [5, 5.41) is 3.42. The Morgan fingerprint density at radius 3 is 2.93 bits per heavy atom. The lowest BCUT2D eigenvalue weighted by molar-refractivity contribution is 0.406. The van der Waals surface area contributed by atoms with Gasteiger partial charge in [-0.2, -0.15) is 0 Å². The molecule has 1 atom stereocenters. The van der Waals surface area contributed by atoms with Gasteiger partial charge in [0.1, 0.15) is 11.5 Å². The summed E-state index contributed by atoms with van der Waals surface area (Å²) in [6, 6.07) is 4.02. The molecule has 15 heavy (non-hydrogen) atoms. The van der Waals surface area contributed by atoms with Gasteiger partial charge in [-0.3, -0.25) is 0 Å². The Hall–Kier alpha value is -1.00. The summed E-state index contributed by atoms with van der Waals surface area (Å²) in [5.41, 5.74) is 1.18. The molecule has 0 bridgehead atoms. The van der Waals surface area contributed by atoms with Crippen LogP contribution in [-0.4, -0.2) is 6.54 Å². The summed E-state index contributed by atoms with van der Waals surface area (Å²) >= 11 is 3.48. The molecule has 1 aliphatic heterocycles. The lowest BCUT2D eigenvalue weighted by atomic mass is 10.00. The summed E-state index contributed by atoms with van der Waals surface area (Å²) < 4.78 is 11.9. The van der Waals surface area contributed by atoms with Crippen molar-refractivity contribution in [3.63, 3.8) is 0 Å². The summed E-state index contributed by atoms with van der Waals surface area (Å²) in [7, 11) is 0. The Balaban J connectivity index is 2.07. The molecule has 3 heterocycles. The van der Waals surface area contributed by atoms with Crippen LogP contribution in [0, 0.1) is 0 Å². The van der Waals surface area contributed by atoms with E-state index in [1.807, 2.05) is 12.1 Å². The van der Waals surface area contributed by atoms with Gasteiger partial charge >= 0.3 is 0 Å². The van der Waals surface area contributed by atoms with E-state index >= 15 is 0 Å². The SMILES string of the molecule is Brc1ccoc1C1NCCc2occc21. The van der Waals surface area contributed by atoms with Crippen LogP contribution >= 0.6 is 15.9 Å². The van der Waals surface area contributed by atoms with Gasteiger partial charge in [0, 0.05) is 18.5 Å². The first-order valence-electron chi connectivity index (χ1n) is 4.89. The minimum atomic E-state index is 0.108. The molecular weight excluding hydrogens is 258 g/mol. The molecule has 0 spiro atoms. The van der Waals surface area contributed by atoms with Crippen LogP contribution in [0.15, 0.2) is 38.0 Å². The molecule has 78 valence electrons. The van der Waals surface area contributed by atoms with Gasteiger partial charge in [0.2, 0.25) is 0 Å². The average molecular weight is 268 g/mol. The third-order valence-corrected chi connectivity index (χ3v) is 3.35. The molecule has 4 heteroatoms. The van der Waals surface area contributed by atoms with Crippen molar-refractivity contribution in [3.05, 3.63) is 46.2 Å². The van der Waals surface area contributed by atoms with Gasteiger partial charge in [0.05, 0.1) is 23.0 Å². The van der Waals surface area contributed by atoms with E-state index in [0.717, 1.165) is 29.0 Å². The smallest absolute Gasteiger partial charge is 0.139 e. The van der Waals surface area contributed by atoms with E-state index in [-0.39, 0.29) is 6.04 Å². The van der Waals surface area contributed by atoms with Crippen LogP contribution < -0.4 is 5.32 Å². The summed E-state index contributed by atoms with van der Waals surface area (Å²) in [6.45, 7) is 0.915. The second-order valence-corrected chi connectivity index (χ2v) is 4.42. The van der Waals surface area contributed by atoms with Crippen molar-refractivity contribution in [1.29, 1.82) is 0 Å². The maximum Gasteiger partial charge on any atom is 0.139 e. The van der Waals surface area contributed by atoms with Crippen LogP contribution in [0.1, 0.15) is 23.1 Å². The van der Waals surface area contributed by atoms with Crippen molar-refractivity contribution in [3.8, 4) is 0 Å². The first-order chi connectivity index (χ1) is 7.36.